The Morgan fingerprint density at radius 2 is 1.70 bits per heavy atom. The Morgan fingerprint density at radius 3 is 2.45 bits per heavy atom. The molecule has 0 aliphatic carbocycles. The van der Waals surface area contributed by atoms with Crippen molar-refractivity contribution in [2.45, 2.75) is 33.7 Å². The van der Waals surface area contributed by atoms with E-state index in [-0.39, 0.29) is 0 Å². The van der Waals surface area contributed by atoms with Crippen LogP contribution in [-0.2, 0) is 13.0 Å². The van der Waals surface area contributed by atoms with Gasteiger partial charge in [0.25, 0.3) is 0 Å². The van der Waals surface area contributed by atoms with Crippen molar-refractivity contribution in [3.63, 3.8) is 0 Å². The van der Waals surface area contributed by atoms with E-state index >= 15 is 0 Å². The maximum atomic E-state index is 5.67. The van der Waals surface area contributed by atoms with Crippen LogP contribution in [-0.4, -0.2) is 6.61 Å². The van der Waals surface area contributed by atoms with Crippen molar-refractivity contribution in [3.8, 4) is 5.75 Å². The standard InChI is InChI=1S/C18H23NO/c1-4-15-11-8-9-14(3)18(15)19-13-16-10-6-7-12-17(16)20-5-2/h6-12,19H,4-5,13H2,1-3H3. The zero-order valence-corrected chi connectivity index (χ0v) is 12.6. The molecule has 0 atom stereocenters. The van der Waals surface area contributed by atoms with Gasteiger partial charge in [-0.05, 0) is 37.5 Å². The first kappa shape index (κ1) is 14.4. The van der Waals surface area contributed by atoms with Crippen molar-refractivity contribution in [3.05, 3.63) is 59.2 Å². The lowest BCUT2D eigenvalue weighted by molar-refractivity contribution is 0.337. The minimum atomic E-state index is 0.696. The summed E-state index contributed by atoms with van der Waals surface area (Å²) in [6.07, 6.45) is 1.04. The molecule has 2 heteroatoms. The molecule has 0 saturated carbocycles. The third-order valence-electron chi connectivity index (χ3n) is 3.47. The second-order valence-electron chi connectivity index (χ2n) is 4.86. The second-order valence-corrected chi connectivity index (χ2v) is 4.86. The molecular formula is C18H23NO. The summed E-state index contributed by atoms with van der Waals surface area (Å²) in [4.78, 5) is 0. The summed E-state index contributed by atoms with van der Waals surface area (Å²) in [5.74, 6) is 0.967. The van der Waals surface area contributed by atoms with E-state index in [1.165, 1.54) is 22.4 Å². The van der Waals surface area contributed by atoms with Crippen LogP contribution >= 0.6 is 0 Å². The molecular weight excluding hydrogens is 246 g/mol. The van der Waals surface area contributed by atoms with Gasteiger partial charge >= 0.3 is 0 Å². The van der Waals surface area contributed by atoms with Crippen molar-refractivity contribution in [1.29, 1.82) is 0 Å². The molecule has 106 valence electrons. The molecule has 20 heavy (non-hydrogen) atoms. The molecule has 0 heterocycles. The molecule has 0 fully saturated rings. The number of para-hydroxylation sites is 2. The SMILES string of the molecule is CCOc1ccccc1CNc1c(C)cccc1CC. The number of rotatable bonds is 6. The topological polar surface area (TPSA) is 21.3 Å². The van der Waals surface area contributed by atoms with Crippen molar-refractivity contribution in [2.75, 3.05) is 11.9 Å². The van der Waals surface area contributed by atoms with E-state index in [2.05, 4.69) is 49.5 Å². The first-order chi connectivity index (χ1) is 9.76. The Morgan fingerprint density at radius 1 is 0.950 bits per heavy atom. The quantitative estimate of drug-likeness (QED) is 0.829. The molecule has 0 radical (unpaired) electrons. The van der Waals surface area contributed by atoms with Gasteiger partial charge in [0.2, 0.25) is 0 Å². The van der Waals surface area contributed by atoms with Crippen LogP contribution in [0, 0.1) is 6.92 Å². The fourth-order valence-corrected chi connectivity index (χ4v) is 2.41. The molecule has 0 spiro atoms. The fraction of sp³-hybridized carbons (Fsp3) is 0.333. The van der Waals surface area contributed by atoms with Crippen LogP contribution in [0.4, 0.5) is 5.69 Å². The summed E-state index contributed by atoms with van der Waals surface area (Å²) < 4.78 is 5.67. The molecule has 0 aliphatic heterocycles. The zero-order valence-electron chi connectivity index (χ0n) is 12.6. The minimum Gasteiger partial charge on any atom is -0.494 e. The van der Waals surface area contributed by atoms with E-state index in [9.17, 15) is 0 Å². The van der Waals surface area contributed by atoms with Gasteiger partial charge in [-0.2, -0.15) is 0 Å². The molecule has 0 bridgehead atoms. The normalized spacial score (nSPS) is 10.3. The van der Waals surface area contributed by atoms with Crippen LogP contribution in [0.15, 0.2) is 42.5 Å². The highest BCUT2D eigenvalue weighted by atomic mass is 16.5. The van der Waals surface area contributed by atoms with Crippen LogP contribution < -0.4 is 10.1 Å². The highest BCUT2D eigenvalue weighted by molar-refractivity contribution is 5.57. The van der Waals surface area contributed by atoms with E-state index in [1.54, 1.807) is 0 Å². The molecule has 0 aliphatic rings. The molecule has 0 amide bonds. The van der Waals surface area contributed by atoms with Gasteiger partial charge in [0.1, 0.15) is 5.75 Å². The number of aryl methyl sites for hydroxylation is 2. The highest BCUT2D eigenvalue weighted by Crippen LogP contribution is 2.24. The predicted molar refractivity (Wildman–Crippen MR) is 85.5 cm³/mol. The molecule has 0 unspecified atom stereocenters. The van der Waals surface area contributed by atoms with Gasteiger partial charge in [-0.3, -0.25) is 0 Å². The number of nitrogens with one attached hydrogen (secondary N) is 1. The van der Waals surface area contributed by atoms with Crippen LogP contribution in [0.2, 0.25) is 0 Å². The summed E-state index contributed by atoms with van der Waals surface area (Å²) >= 11 is 0. The number of hydrogen-bond acceptors (Lipinski definition) is 2. The van der Waals surface area contributed by atoms with Gasteiger partial charge < -0.3 is 10.1 Å². The van der Waals surface area contributed by atoms with Gasteiger partial charge in [-0.25, -0.2) is 0 Å². The summed E-state index contributed by atoms with van der Waals surface area (Å²) in [6, 6.07) is 14.7. The maximum absolute atomic E-state index is 5.67. The lowest BCUT2D eigenvalue weighted by atomic mass is 10.1. The first-order valence-electron chi connectivity index (χ1n) is 7.29. The summed E-state index contributed by atoms with van der Waals surface area (Å²) in [7, 11) is 0. The van der Waals surface area contributed by atoms with Crippen molar-refractivity contribution < 1.29 is 4.74 Å². The molecule has 1 N–H and O–H groups in total. The fourth-order valence-electron chi connectivity index (χ4n) is 2.41. The van der Waals surface area contributed by atoms with Crippen LogP contribution in [0.1, 0.15) is 30.5 Å². The van der Waals surface area contributed by atoms with E-state index in [0.29, 0.717) is 6.61 Å². The maximum Gasteiger partial charge on any atom is 0.124 e. The third kappa shape index (κ3) is 3.32. The average Bonchev–Trinajstić information content (AvgIpc) is 2.47. The van der Waals surface area contributed by atoms with E-state index in [4.69, 9.17) is 4.74 Å². The summed E-state index contributed by atoms with van der Waals surface area (Å²) in [5, 5.41) is 3.57. The Bertz CT molecular complexity index is 563. The van der Waals surface area contributed by atoms with Crippen molar-refractivity contribution in [2.24, 2.45) is 0 Å². The average molecular weight is 269 g/mol. The molecule has 0 aromatic heterocycles. The number of benzene rings is 2. The van der Waals surface area contributed by atoms with Gasteiger partial charge in [-0.15, -0.1) is 0 Å². The van der Waals surface area contributed by atoms with Gasteiger partial charge in [-0.1, -0.05) is 43.3 Å². The molecule has 2 aromatic carbocycles. The third-order valence-corrected chi connectivity index (χ3v) is 3.47. The van der Waals surface area contributed by atoms with Gasteiger partial charge in [0, 0.05) is 17.8 Å². The van der Waals surface area contributed by atoms with Gasteiger partial charge in [0.05, 0.1) is 6.61 Å². The number of anilines is 1. The number of hydrogen-bond donors (Lipinski definition) is 1. The monoisotopic (exact) mass is 269 g/mol. The largest absolute Gasteiger partial charge is 0.494 e. The second kappa shape index (κ2) is 6.99. The van der Waals surface area contributed by atoms with Crippen LogP contribution in [0.25, 0.3) is 0 Å². The Balaban J connectivity index is 2.17. The van der Waals surface area contributed by atoms with Crippen molar-refractivity contribution >= 4 is 5.69 Å². The number of ether oxygens (including phenoxy) is 1. The lowest BCUT2D eigenvalue weighted by Crippen LogP contribution is -2.06. The molecule has 0 saturated heterocycles. The predicted octanol–water partition coefficient (Wildman–Crippen LogP) is 4.57. The summed E-state index contributed by atoms with van der Waals surface area (Å²) in [5.41, 5.74) is 5.10. The van der Waals surface area contributed by atoms with Crippen LogP contribution in [0.5, 0.6) is 5.75 Å². The van der Waals surface area contributed by atoms with E-state index in [1.807, 2.05) is 19.1 Å². The minimum absolute atomic E-state index is 0.696. The summed E-state index contributed by atoms with van der Waals surface area (Å²) in [6.45, 7) is 7.83. The smallest absolute Gasteiger partial charge is 0.124 e. The lowest BCUT2D eigenvalue weighted by Gasteiger charge is -2.16. The van der Waals surface area contributed by atoms with Crippen LogP contribution in [0.3, 0.4) is 0 Å². The highest BCUT2D eigenvalue weighted by Gasteiger charge is 2.06. The Kier molecular flexibility index (Phi) is 5.05. The Labute approximate surface area is 121 Å². The van der Waals surface area contributed by atoms with Crippen molar-refractivity contribution in [1.82, 2.24) is 0 Å². The Hall–Kier alpha value is -1.96. The van der Waals surface area contributed by atoms with E-state index in [0.717, 1.165) is 18.7 Å². The molecule has 2 nitrogen and oxygen atoms in total. The molecule has 2 rings (SSSR count). The first-order valence-corrected chi connectivity index (χ1v) is 7.29. The van der Waals surface area contributed by atoms with E-state index < -0.39 is 0 Å². The zero-order chi connectivity index (χ0) is 14.4. The van der Waals surface area contributed by atoms with Gasteiger partial charge in [0.15, 0.2) is 0 Å². The molecule has 2 aromatic rings.